The molecule has 2 aromatic rings. The number of hydrogen-bond donors (Lipinski definition) is 5. The fourth-order valence-corrected chi connectivity index (χ4v) is 6.21. The van der Waals surface area contributed by atoms with Gasteiger partial charge in [-0.2, -0.15) is 0 Å². The van der Waals surface area contributed by atoms with Gasteiger partial charge in [0.1, 0.15) is 12.1 Å². The number of aromatic nitrogens is 1. The quantitative estimate of drug-likeness (QED) is 0.227. The number of carbonyl (C=O) groups excluding carboxylic acids is 2. The van der Waals surface area contributed by atoms with Gasteiger partial charge in [0.2, 0.25) is 11.8 Å². The van der Waals surface area contributed by atoms with Gasteiger partial charge in [-0.1, -0.05) is 58.0 Å². The van der Waals surface area contributed by atoms with E-state index in [9.17, 15) is 24.6 Å². The topological polar surface area (TPSA) is 147 Å². The van der Waals surface area contributed by atoms with Crippen molar-refractivity contribution in [2.45, 2.75) is 97.1 Å². The Morgan fingerprint density at radius 3 is 2.41 bits per heavy atom. The fraction of sp³-hybridized carbons (Fsp3) is 0.625. The number of benzene rings is 1. The molecule has 11 nitrogen and oxygen atoms in total. The van der Waals surface area contributed by atoms with Crippen molar-refractivity contribution in [3.05, 3.63) is 52.0 Å². The van der Waals surface area contributed by atoms with Crippen LogP contribution in [0, 0.1) is 5.92 Å². The lowest BCUT2D eigenvalue weighted by molar-refractivity contribution is -0.131. The molecule has 2 heterocycles. The third-order valence-corrected chi connectivity index (χ3v) is 8.74. The molecule has 1 aromatic carbocycles. The van der Waals surface area contributed by atoms with Crippen molar-refractivity contribution < 1.29 is 24.6 Å². The van der Waals surface area contributed by atoms with Crippen molar-refractivity contribution in [2.24, 2.45) is 5.92 Å². The number of nitrogens with zero attached hydrogens (tertiary/aromatic N) is 3. The maximum Gasteiger partial charge on any atom is 0.408 e. The molecule has 44 heavy (non-hydrogen) atoms. The SMILES string of the molecule is CC(C)c1nc(CN(C(=O)O)C(C(=O)NC(Cc2ccccc2)C(O)CN2CCNCC2C(=O)NC(C)(C)C)C(C)C)cs1. The number of thiazole rings is 1. The number of aliphatic hydroxyl groups excluding tert-OH is 1. The lowest BCUT2D eigenvalue weighted by atomic mass is 9.97. The largest absolute Gasteiger partial charge is 0.465 e. The van der Waals surface area contributed by atoms with Crippen LogP contribution in [0.1, 0.15) is 70.6 Å². The second kappa shape index (κ2) is 15.8. The maximum atomic E-state index is 13.9. The maximum absolute atomic E-state index is 13.9. The highest BCUT2D eigenvalue weighted by molar-refractivity contribution is 7.09. The molecule has 244 valence electrons. The van der Waals surface area contributed by atoms with Crippen molar-refractivity contribution in [3.8, 4) is 0 Å². The van der Waals surface area contributed by atoms with Crippen LogP contribution in [0.5, 0.6) is 0 Å². The molecule has 1 fully saturated rings. The molecule has 0 radical (unpaired) electrons. The Labute approximate surface area is 265 Å². The molecule has 4 atom stereocenters. The molecule has 3 rings (SSSR count). The van der Waals surface area contributed by atoms with E-state index in [1.54, 1.807) is 0 Å². The van der Waals surface area contributed by atoms with E-state index in [1.165, 1.54) is 11.3 Å². The average Bonchev–Trinajstić information content (AvgIpc) is 3.41. The van der Waals surface area contributed by atoms with Crippen LogP contribution >= 0.6 is 11.3 Å². The number of hydrogen-bond acceptors (Lipinski definition) is 8. The molecule has 0 saturated carbocycles. The zero-order chi connectivity index (χ0) is 32.6. The number of rotatable bonds is 13. The molecule has 1 saturated heterocycles. The number of nitrogens with one attached hydrogen (secondary N) is 3. The third kappa shape index (κ3) is 10.3. The van der Waals surface area contributed by atoms with E-state index < -0.39 is 41.8 Å². The first kappa shape index (κ1) is 35.4. The number of piperazine rings is 1. The molecule has 1 aliphatic heterocycles. The zero-order valence-electron chi connectivity index (χ0n) is 27.0. The molecule has 4 unspecified atom stereocenters. The van der Waals surface area contributed by atoms with Crippen LogP contribution in [0.3, 0.4) is 0 Å². The van der Waals surface area contributed by atoms with E-state index >= 15 is 0 Å². The van der Waals surface area contributed by atoms with Crippen LogP contribution in [0.4, 0.5) is 4.79 Å². The Morgan fingerprint density at radius 1 is 1.16 bits per heavy atom. The predicted octanol–water partition coefficient (Wildman–Crippen LogP) is 3.05. The van der Waals surface area contributed by atoms with Gasteiger partial charge in [0.15, 0.2) is 0 Å². The minimum absolute atomic E-state index is 0.0218. The molecule has 0 aliphatic carbocycles. The third-order valence-electron chi connectivity index (χ3n) is 7.54. The second-order valence-electron chi connectivity index (χ2n) is 13.3. The molecule has 0 bridgehead atoms. The summed E-state index contributed by atoms with van der Waals surface area (Å²) < 4.78 is 0. The van der Waals surface area contributed by atoms with Gasteiger partial charge in [0, 0.05) is 43.0 Å². The summed E-state index contributed by atoms with van der Waals surface area (Å²) in [6.45, 7) is 15.3. The van der Waals surface area contributed by atoms with Crippen molar-refractivity contribution in [1.29, 1.82) is 0 Å². The lowest BCUT2D eigenvalue weighted by Gasteiger charge is -2.39. The molecule has 1 aliphatic rings. The van der Waals surface area contributed by atoms with Crippen LogP contribution < -0.4 is 16.0 Å². The predicted molar refractivity (Wildman–Crippen MR) is 173 cm³/mol. The highest BCUT2D eigenvalue weighted by atomic mass is 32.1. The Morgan fingerprint density at radius 2 is 1.84 bits per heavy atom. The van der Waals surface area contributed by atoms with Gasteiger partial charge in [0.25, 0.3) is 0 Å². The van der Waals surface area contributed by atoms with Crippen LogP contribution in [0.25, 0.3) is 0 Å². The highest BCUT2D eigenvalue weighted by Gasteiger charge is 2.37. The monoisotopic (exact) mass is 630 g/mol. The van der Waals surface area contributed by atoms with Crippen LogP contribution in [0.15, 0.2) is 35.7 Å². The van der Waals surface area contributed by atoms with Gasteiger partial charge >= 0.3 is 6.09 Å². The summed E-state index contributed by atoms with van der Waals surface area (Å²) in [6.07, 6.45) is -1.91. The molecule has 1 aromatic heterocycles. The molecule has 3 amide bonds. The first-order chi connectivity index (χ1) is 20.7. The van der Waals surface area contributed by atoms with E-state index in [4.69, 9.17) is 0 Å². The van der Waals surface area contributed by atoms with Crippen molar-refractivity contribution in [3.63, 3.8) is 0 Å². The molecular formula is C32H50N6O5S. The minimum Gasteiger partial charge on any atom is -0.465 e. The molecule has 0 spiro atoms. The fourth-order valence-electron chi connectivity index (χ4n) is 5.39. The Bertz CT molecular complexity index is 1230. The van der Waals surface area contributed by atoms with Crippen molar-refractivity contribution >= 4 is 29.2 Å². The summed E-state index contributed by atoms with van der Waals surface area (Å²) in [4.78, 5) is 47.2. The van der Waals surface area contributed by atoms with E-state index in [1.807, 2.05) is 89.1 Å². The van der Waals surface area contributed by atoms with Crippen LogP contribution in [0.2, 0.25) is 0 Å². The minimum atomic E-state index is -1.22. The zero-order valence-corrected chi connectivity index (χ0v) is 27.9. The van der Waals surface area contributed by atoms with Gasteiger partial charge in [0.05, 0.1) is 29.4 Å². The van der Waals surface area contributed by atoms with E-state index in [-0.39, 0.29) is 30.8 Å². The summed E-state index contributed by atoms with van der Waals surface area (Å²) in [5, 5.41) is 33.9. The Kier molecular flexibility index (Phi) is 12.7. The van der Waals surface area contributed by atoms with Crippen LogP contribution in [-0.2, 0) is 22.6 Å². The number of carboxylic acid groups (broad SMARTS) is 1. The van der Waals surface area contributed by atoms with Gasteiger partial charge in [-0.25, -0.2) is 9.78 Å². The molecule has 12 heteroatoms. The molecular weight excluding hydrogens is 580 g/mol. The summed E-state index contributed by atoms with van der Waals surface area (Å²) in [7, 11) is 0. The van der Waals surface area contributed by atoms with Crippen LogP contribution in [-0.4, -0.2) is 98.9 Å². The summed E-state index contributed by atoms with van der Waals surface area (Å²) >= 11 is 1.48. The summed E-state index contributed by atoms with van der Waals surface area (Å²) in [6, 6.07) is 7.32. The van der Waals surface area contributed by atoms with Gasteiger partial charge < -0.3 is 26.2 Å². The Balaban J connectivity index is 1.84. The van der Waals surface area contributed by atoms with Crippen molar-refractivity contribution in [2.75, 3.05) is 26.2 Å². The van der Waals surface area contributed by atoms with Gasteiger partial charge in [-0.15, -0.1) is 11.3 Å². The van der Waals surface area contributed by atoms with E-state index in [0.717, 1.165) is 15.5 Å². The average molecular weight is 631 g/mol. The lowest BCUT2D eigenvalue weighted by Crippen LogP contribution is -2.63. The second-order valence-corrected chi connectivity index (χ2v) is 14.1. The Hall–Kier alpha value is -3.06. The first-order valence-corrected chi connectivity index (χ1v) is 16.3. The summed E-state index contributed by atoms with van der Waals surface area (Å²) in [5.41, 5.74) is 1.11. The summed E-state index contributed by atoms with van der Waals surface area (Å²) in [5.74, 6) is -0.738. The van der Waals surface area contributed by atoms with Gasteiger partial charge in [-0.05, 0) is 38.7 Å². The smallest absolute Gasteiger partial charge is 0.408 e. The van der Waals surface area contributed by atoms with E-state index in [0.29, 0.717) is 31.7 Å². The van der Waals surface area contributed by atoms with Crippen molar-refractivity contribution in [1.82, 2.24) is 30.7 Å². The number of carbonyl (C=O) groups is 3. The normalized spacial score (nSPS) is 18.1. The number of aliphatic hydroxyl groups is 1. The number of amides is 3. The first-order valence-electron chi connectivity index (χ1n) is 15.4. The standard InChI is InChI=1S/C32H50N6O5S/c1-20(2)27(38(31(42)43)17-23-19-44-30(34-23)21(3)4)29(41)35-24(15-22-11-9-8-10-12-22)26(39)18-37-14-13-33-16-25(37)28(40)36-32(5,6)7/h8-12,19-21,24-27,33,39H,13-18H2,1-7H3,(H,35,41)(H,36,40)(H,42,43). The highest BCUT2D eigenvalue weighted by Crippen LogP contribution is 2.23. The van der Waals surface area contributed by atoms with Gasteiger partial charge in [-0.3, -0.25) is 19.4 Å². The molecule has 5 N–H and O–H groups in total. The van der Waals surface area contributed by atoms with E-state index in [2.05, 4.69) is 20.9 Å². The number of β-amino-alcohol motifs (C(OH)–C–C–N with tert-alkyl or cyclic N) is 1.